The van der Waals surface area contributed by atoms with Crippen LogP contribution in [0, 0.1) is 0 Å². The van der Waals surface area contributed by atoms with Gasteiger partial charge in [0.2, 0.25) is 0 Å². The molecule has 0 unspecified atom stereocenters. The molecule has 32 heavy (non-hydrogen) atoms. The maximum atomic E-state index is 5.92. The number of anilines is 8. The third kappa shape index (κ3) is 4.71. The van der Waals surface area contributed by atoms with Gasteiger partial charge < -0.3 is 45.9 Å². The van der Waals surface area contributed by atoms with Crippen LogP contribution in [0.25, 0.3) is 22.3 Å². The van der Waals surface area contributed by atoms with Crippen LogP contribution in [-0.4, -0.2) is 0 Å². The summed E-state index contributed by atoms with van der Waals surface area (Å²) in [6.07, 6.45) is 0. The number of rotatable bonds is 2. The van der Waals surface area contributed by atoms with E-state index in [9.17, 15) is 0 Å². The van der Waals surface area contributed by atoms with Gasteiger partial charge in [0.05, 0.1) is 39.8 Å². The fourth-order valence-electron chi connectivity index (χ4n) is 3.08. The molecule has 4 aromatic carbocycles. The molecule has 0 saturated heterocycles. The van der Waals surface area contributed by atoms with Gasteiger partial charge in [-0.3, -0.25) is 0 Å². The molecule has 0 spiro atoms. The molecule has 0 aromatic heterocycles. The van der Waals surface area contributed by atoms with Crippen LogP contribution in [-0.2, 0) is 0 Å². The van der Waals surface area contributed by atoms with Crippen LogP contribution < -0.4 is 45.9 Å². The van der Waals surface area contributed by atoms with Gasteiger partial charge in [0.1, 0.15) is 0 Å². The molecule has 0 atom stereocenters. The third-order valence-electron chi connectivity index (χ3n) is 5.05. The fourth-order valence-corrected chi connectivity index (χ4v) is 3.08. The molecule has 164 valence electrons. The molecule has 0 aliphatic rings. The largest absolute Gasteiger partial charge is 0.399 e. The minimum atomic E-state index is 0.425. The van der Waals surface area contributed by atoms with Crippen LogP contribution in [0.4, 0.5) is 45.5 Å². The number of benzene rings is 4. The second kappa shape index (κ2) is 8.97. The maximum absolute atomic E-state index is 5.92. The summed E-state index contributed by atoms with van der Waals surface area (Å²) in [5.41, 5.74) is 54.0. The standard InChI is InChI=1S/2C12H14N4/c13-9-3-1-7(5-11(9)15)8-2-4-10(14)12(16)6-8;13-8-3-1-7(2-4-8)9-5-6-10(14)12(16)11(9)15/h2*1-6H,13-16H2. The summed E-state index contributed by atoms with van der Waals surface area (Å²) in [7, 11) is 0. The van der Waals surface area contributed by atoms with Gasteiger partial charge in [-0.05, 0) is 59.2 Å². The molecule has 0 aliphatic heterocycles. The highest BCUT2D eigenvalue weighted by molar-refractivity contribution is 5.90. The molecule has 0 saturated carbocycles. The number of hydrogen-bond donors (Lipinski definition) is 8. The van der Waals surface area contributed by atoms with Gasteiger partial charge in [-0.1, -0.05) is 30.3 Å². The van der Waals surface area contributed by atoms with Crippen LogP contribution in [0.1, 0.15) is 0 Å². The van der Waals surface area contributed by atoms with Crippen molar-refractivity contribution >= 4 is 45.5 Å². The van der Waals surface area contributed by atoms with Crippen molar-refractivity contribution in [1.29, 1.82) is 0 Å². The van der Waals surface area contributed by atoms with Crippen LogP contribution in [0.5, 0.6) is 0 Å². The summed E-state index contributed by atoms with van der Waals surface area (Å²) in [5, 5.41) is 0. The van der Waals surface area contributed by atoms with Crippen molar-refractivity contribution in [3.8, 4) is 22.3 Å². The van der Waals surface area contributed by atoms with Crippen molar-refractivity contribution in [1.82, 2.24) is 0 Å². The molecular formula is C24H28N8. The van der Waals surface area contributed by atoms with E-state index in [1.807, 2.05) is 54.6 Å². The van der Waals surface area contributed by atoms with Crippen molar-refractivity contribution in [3.05, 3.63) is 72.8 Å². The van der Waals surface area contributed by atoms with Crippen molar-refractivity contribution in [3.63, 3.8) is 0 Å². The Morgan fingerprint density at radius 3 is 1.25 bits per heavy atom. The molecule has 0 heterocycles. The highest BCUT2D eigenvalue weighted by Gasteiger charge is 2.07. The first-order chi connectivity index (χ1) is 15.2. The zero-order valence-corrected chi connectivity index (χ0v) is 17.5. The Morgan fingerprint density at radius 1 is 0.344 bits per heavy atom. The predicted molar refractivity (Wildman–Crippen MR) is 139 cm³/mol. The van der Waals surface area contributed by atoms with Gasteiger partial charge in [-0.2, -0.15) is 0 Å². The molecule has 8 nitrogen and oxygen atoms in total. The average molecular weight is 429 g/mol. The molecule has 0 radical (unpaired) electrons. The van der Waals surface area contributed by atoms with Crippen molar-refractivity contribution in [2.45, 2.75) is 0 Å². The normalized spacial score (nSPS) is 10.2. The van der Waals surface area contributed by atoms with E-state index >= 15 is 0 Å². The SMILES string of the molecule is Nc1ccc(-c2ccc(N)c(N)c2)cc1N.Nc1ccc(-c2ccc(N)c(N)c2N)cc1. The Bertz CT molecular complexity index is 1200. The summed E-state index contributed by atoms with van der Waals surface area (Å²) in [5.74, 6) is 0. The van der Waals surface area contributed by atoms with Crippen molar-refractivity contribution in [2.75, 3.05) is 45.9 Å². The molecule has 4 aromatic rings. The van der Waals surface area contributed by atoms with Gasteiger partial charge in [0.15, 0.2) is 0 Å². The van der Waals surface area contributed by atoms with E-state index in [4.69, 9.17) is 45.9 Å². The van der Waals surface area contributed by atoms with Gasteiger partial charge >= 0.3 is 0 Å². The first-order valence-electron chi connectivity index (χ1n) is 9.77. The monoisotopic (exact) mass is 428 g/mol. The zero-order chi connectivity index (χ0) is 23.4. The predicted octanol–water partition coefficient (Wildman–Crippen LogP) is 3.36. The lowest BCUT2D eigenvalue weighted by Crippen LogP contribution is -2.01. The van der Waals surface area contributed by atoms with Gasteiger partial charge in [0.25, 0.3) is 0 Å². The minimum absolute atomic E-state index is 0.425. The number of nitrogens with two attached hydrogens (primary N) is 8. The maximum Gasteiger partial charge on any atom is 0.0787 e. The molecule has 0 aliphatic carbocycles. The summed E-state index contributed by atoms with van der Waals surface area (Å²) in [6.45, 7) is 0. The topological polar surface area (TPSA) is 208 Å². The van der Waals surface area contributed by atoms with E-state index in [1.54, 1.807) is 18.2 Å². The van der Waals surface area contributed by atoms with E-state index in [-0.39, 0.29) is 0 Å². The van der Waals surface area contributed by atoms with Crippen LogP contribution in [0.3, 0.4) is 0 Å². The Balaban J connectivity index is 0.000000181. The van der Waals surface area contributed by atoms with E-state index in [2.05, 4.69) is 0 Å². The lowest BCUT2D eigenvalue weighted by molar-refractivity contribution is 1.59. The molecule has 0 bridgehead atoms. The summed E-state index contributed by atoms with van der Waals surface area (Å²) in [6, 6.07) is 22.0. The molecule has 8 heteroatoms. The average Bonchev–Trinajstić information content (AvgIpc) is 2.77. The van der Waals surface area contributed by atoms with Crippen LogP contribution >= 0.6 is 0 Å². The summed E-state index contributed by atoms with van der Waals surface area (Å²) in [4.78, 5) is 0. The molecule has 4 rings (SSSR count). The second-order valence-electron chi connectivity index (χ2n) is 7.34. The van der Waals surface area contributed by atoms with Crippen molar-refractivity contribution in [2.24, 2.45) is 0 Å². The highest BCUT2D eigenvalue weighted by atomic mass is 14.7. The summed E-state index contributed by atoms with van der Waals surface area (Å²) < 4.78 is 0. The van der Waals surface area contributed by atoms with Gasteiger partial charge in [-0.15, -0.1) is 0 Å². The number of nitrogen functional groups attached to an aromatic ring is 8. The Morgan fingerprint density at radius 2 is 0.781 bits per heavy atom. The molecule has 16 N–H and O–H groups in total. The Hall–Kier alpha value is -4.72. The lowest BCUT2D eigenvalue weighted by atomic mass is 10.0. The van der Waals surface area contributed by atoms with E-state index in [0.29, 0.717) is 45.5 Å². The Labute approximate surface area is 186 Å². The van der Waals surface area contributed by atoms with Gasteiger partial charge in [0, 0.05) is 11.3 Å². The highest BCUT2D eigenvalue weighted by Crippen LogP contribution is 2.34. The number of hydrogen-bond acceptors (Lipinski definition) is 8. The van der Waals surface area contributed by atoms with Crippen LogP contribution in [0.15, 0.2) is 72.8 Å². The Kier molecular flexibility index (Phi) is 6.16. The van der Waals surface area contributed by atoms with Crippen molar-refractivity contribution < 1.29 is 0 Å². The first-order valence-corrected chi connectivity index (χ1v) is 9.77. The van der Waals surface area contributed by atoms with Gasteiger partial charge in [-0.25, -0.2) is 0 Å². The second-order valence-corrected chi connectivity index (χ2v) is 7.34. The fraction of sp³-hybridized carbons (Fsp3) is 0. The smallest absolute Gasteiger partial charge is 0.0787 e. The minimum Gasteiger partial charge on any atom is -0.399 e. The van der Waals surface area contributed by atoms with E-state index in [1.165, 1.54) is 0 Å². The van der Waals surface area contributed by atoms with E-state index in [0.717, 1.165) is 22.3 Å². The quantitative estimate of drug-likeness (QED) is 0.221. The third-order valence-corrected chi connectivity index (χ3v) is 5.05. The first kappa shape index (κ1) is 22.0. The summed E-state index contributed by atoms with van der Waals surface area (Å²) >= 11 is 0. The van der Waals surface area contributed by atoms with Crippen LogP contribution in [0.2, 0.25) is 0 Å². The lowest BCUT2D eigenvalue weighted by Gasteiger charge is -2.10. The molecule has 0 fully saturated rings. The molecular weight excluding hydrogens is 400 g/mol. The molecule has 0 amide bonds. The zero-order valence-electron chi connectivity index (χ0n) is 17.5. The van der Waals surface area contributed by atoms with E-state index < -0.39 is 0 Å².